The zero-order valence-electron chi connectivity index (χ0n) is 10.5. The summed E-state index contributed by atoms with van der Waals surface area (Å²) in [5.74, 6) is 0. The van der Waals surface area contributed by atoms with E-state index >= 15 is 0 Å². The molecule has 0 heterocycles. The molecule has 1 N–H and O–H groups in total. The van der Waals surface area contributed by atoms with Crippen LogP contribution in [0.15, 0.2) is 24.3 Å². The Morgan fingerprint density at radius 1 is 1.39 bits per heavy atom. The highest BCUT2D eigenvalue weighted by Crippen LogP contribution is 2.49. The lowest BCUT2D eigenvalue weighted by Gasteiger charge is -2.20. The molecule has 0 bridgehead atoms. The second kappa shape index (κ2) is 7.27. The number of halogens is 1. The molecule has 1 aromatic rings. The fourth-order valence-corrected chi connectivity index (χ4v) is 2.80. The SMILES string of the molecule is CCCOP(=O)(O)O[C@@H](CC)c1ccccc1Cl. The van der Waals surface area contributed by atoms with Gasteiger partial charge in [-0.1, -0.05) is 43.6 Å². The first-order valence-electron chi connectivity index (χ1n) is 5.90. The zero-order chi connectivity index (χ0) is 13.6. The largest absolute Gasteiger partial charge is 0.472 e. The first-order valence-corrected chi connectivity index (χ1v) is 7.77. The van der Waals surface area contributed by atoms with Crippen LogP contribution in [0.25, 0.3) is 0 Å². The second-order valence-corrected chi connectivity index (χ2v) is 5.64. The van der Waals surface area contributed by atoms with Crippen molar-refractivity contribution in [2.45, 2.75) is 32.8 Å². The molecular weight excluding hydrogens is 275 g/mol. The molecule has 0 saturated carbocycles. The van der Waals surface area contributed by atoms with Gasteiger partial charge in [0.2, 0.25) is 0 Å². The summed E-state index contributed by atoms with van der Waals surface area (Å²) < 4.78 is 21.7. The molecule has 0 radical (unpaired) electrons. The van der Waals surface area contributed by atoms with Gasteiger partial charge in [-0.3, -0.25) is 9.05 Å². The van der Waals surface area contributed by atoms with E-state index in [1.165, 1.54) is 0 Å². The Bertz CT molecular complexity index is 424. The topological polar surface area (TPSA) is 55.8 Å². The minimum Gasteiger partial charge on any atom is -0.302 e. The third-order valence-corrected chi connectivity index (χ3v) is 3.72. The fourth-order valence-electron chi connectivity index (χ4n) is 1.49. The molecule has 0 fully saturated rings. The summed E-state index contributed by atoms with van der Waals surface area (Å²) in [6, 6.07) is 7.10. The van der Waals surface area contributed by atoms with Crippen molar-refractivity contribution in [3.63, 3.8) is 0 Å². The summed E-state index contributed by atoms with van der Waals surface area (Å²) >= 11 is 6.04. The molecule has 4 nitrogen and oxygen atoms in total. The van der Waals surface area contributed by atoms with Crippen LogP contribution in [0.4, 0.5) is 0 Å². The van der Waals surface area contributed by atoms with Crippen LogP contribution in [0.1, 0.15) is 38.4 Å². The quantitative estimate of drug-likeness (QED) is 0.760. The lowest BCUT2D eigenvalue weighted by Crippen LogP contribution is -2.04. The third-order valence-electron chi connectivity index (χ3n) is 2.34. The van der Waals surface area contributed by atoms with Crippen molar-refractivity contribution in [1.29, 1.82) is 0 Å². The van der Waals surface area contributed by atoms with Gasteiger partial charge < -0.3 is 4.89 Å². The Morgan fingerprint density at radius 3 is 2.61 bits per heavy atom. The third kappa shape index (κ3) is 4.71. The minimum atomic E-state index is -4.03. The standard InChI is InChI=1S/C12H18ClO4P/c1-3-9-16-18(14,15)17-12(4-2)10-7-5-6-8-11(10)13/h5-8,12H,3-4,9H2,1-2H3,(H,14,15)/t12-/m0/s1. The van der Waals surface area contributed by atoms with Crippen LogP contribution in [0.2, 0.25) is 5.02 Å². The highest BCUT2D eigenvalue weighted by atomic mass is 35.5. The van der Waals surface area contributed by atoms with Gasteiger partial charge in [0.05, 0.1) is 12.7 Å². The highest BCUT2D eigenvalue weighted by molar-refractivity contribution is 7.47. The zero-order valence-corrected chi connectivity index (χ0v) is 12.2. The van der Waals surface area contributed by atoms with E-state index in [0.29, 0.717) is 23.4 Å². The molecule has 6 heteroatoms. The lowest BCUT2D eigenvalue weighted by atomic mass is 10.1. The Morgan fingerprint density at radius 2 is 2.06 bits per heavy atom. The molecule has 2 atom stereocenters. The summed E-state index contributed by atoms with van der Waals surface area (Å²) in [5, 5.41) is 0.514. The Kier molecular flexibility index (Phi) is 6.33. The summed E-state index contributed by atoms with van der Waals surface area (Å²) in [6.45, 7) is 3.89. The van der Waals surface area contributed by atoms with Crippen LogP contribution in [0.3, 0.4) is 0 Å². The molecule has 1 rings (SSSR count). The highest BCUT2D eigenvalue weighted by Gasteiger charge is 2.27. The van der Waals surface area contributed by atoms with Gasteiger partial charge >= 0.3 is 7.82 Å². The minimum absolute atomic E-state index is 0.187. The first-order chi connectivity index (χ1) is 8.50. The van der Waals surface area contributed by atoms with Crippen LogP contribution < -0.4 is 0 Å². The molecule has 1 aromatic carbocycles. The van der Waals surface area contributed by atoms with Gasteiger partial charge in [0, 0.05) is 5.02 Å². The molecule has 0 aliphatic rings. The van der Waals surface area contributed by atoms with Crippen LogP contribution in [-0.2, 0) is 13.6 Å². The van der Waals surface area contributed by atoms with Gasteiger partial charge in [-0.15, -0.1) is 0 Å². The van der Waals surface area contributed by atoms with Crippen molar-refractivity contribution in [3.05, 3.63) is 34.9 Å². The molecule has 0 spiro atoms. The van der Waals surface area contributed by atoms with Gasteiger partial charge in [-0.05, 0) is 24.5 Å². The first kappa shape index (κ1) is 15.7. The molecule has 1 unspecified atom stereocenters. The van der Waals surface area contributed by atoms with E-state index in [0.717, 1.165) is 0 Å². The molecule has 0 saturated heterocycles. The normalized spacial score (nSPS) is 16.2. The van der Waals surface area contributed by atoms with Gasteiger partial charge in [-0.25, -0.2) is 4.57 Å². The fraction of sp³-hybridized carbons (Fsp3) is 0.500. The molecule has 0 aromatic heterocycles. The second-order valence-electron chi connectivity index (χ2n) is 3.83. The maximum atomic E-state index is 11.7. The van der Waals surface area contributed by atoms with Crippen molar-refractivity contribution >= 4 is 19.4 Å². The number of phosphoric acid groups is 1. The maximum Gasteiger partial charge on any atom is 0.472 e. The average Bonchev–Trinajstić information content (AvgIpc) is 2.34. The van der Waals surface area contributed by atoms with Crippen molar-refractivity contribution in [2.75, 3.05) is 6.61 Å². The average molecular weight is 293 g/mol. The van der Waals surface area contributed by atoms with E-state index in [2.05, 4.69) is 0 Å². The molecule has 0 aliphatic heterocycles. The van der Waals surface area contributed by atoms with E-state index in [1.807, 2.05) is 19.9 Å². The van der Waals surface area contributed by atoms with Gasteiger partial charge in [0.15, 0.2) is 0 Å². The number of phosphoric ester groups is 1. The van der Waals surface area contributed by atoms with Crippen molar-refractivity contribution in [3.8, 4) is 0 Å². The molecule has 0 amide bonds. The molecule has 0 aliphatic carbocycles. The maximum absolute atomic E-state index is 11.7. The van der Waals surface area contributed by atoms with Crippen LogP contribution in [-0.4, -0.2) is 11.5 Å². The lowest BCUT2D eigenvalue weighted by molar-refractivity contribution is 0.102. The summed E-state index contributed by atoms with van der Waals surface area (Å²) in [5.41, 5.74) is 0.691. The monoisotopic (exact) mass is 292 g/mol. The number of rotatable bonds is 7. The molecule has 18 heavy (non-hydrogen) atoms. The summed E-state index contributed by atoms with van der Waals surface area (Å²) in [4.78, 5) is 9.57. The van der Waals surface area contributed by atoms with Crippen molar-refractivity contribution < 1.29 is 18.5 Å². The van der Waals surface area contributed by atoms with Crippen LogP contribution in [0, 0.1) is 0 Å². The molecular formula is C12H18ClO4P. The number of hydrogen-bond donors (Lipinski definition) is 1. The number of hydrogen-bond acceptors (Lipinski definition) is 3. The van der Waals surface area contributed by atoms with Crippen LogP contribution in [0.5, 0.6) is 0 Å². The van der Waals surface area contributed by atoms with E-state index < -0.39 is 13.9 Å². The van der Waals surface area contributed by atoms with Crippen molar-refractivity contribution in [2.24, 2.45) is 0 Å². The van der Waals surface area contributed by atoms with Gasteiger partial charge in [0.1, 0.15) is 0 Å². The Labute approximate surface area is 112 Å². The van der Waals surface area contributed by atoms with E-state index in [1.54, 1.807) is 18.2 Å². The van der Waals surface area contributed by atoms with Crippen LogP contribution >= 0.6 is 19.4 Å². The van der Waals surface area contributed by atoms with Gasteiger partial charge in [0.25, 0.3) is 0 Å². The van der Waals surface area contributed by atoms with Gasteiger partial charge in [-0.2, -0.15) is 0 Å². The molecule has 102 valence electrons. The predicted molar refractivity (Wildman–Crippen MR) is 71.6 cm³/mol. The summed E-state index contributed by atoms with van der Waals surface area (Å²) in [6.07, 6.45) is 0.631. The number of benzene rings is 1. The van der Waals surface area contributed by atoms with E-state index in [4.69, 9.17) is 20.6 Å². The summed E-state index contributed by atoms with van der Waals surface area (Å²) in [7, 11) is -4.03. The smallest absolute Gasteiger partial charge is 0.302 e. The van der Waals surface area contributed by atoms with Crippen molar-refractivity contribution in [1.82, 2.24) is 0 Å². The predicted octanol–water partition coefficient (Wildman–Crippen LogP) is 4.33. The van der Waals surface area contributed by atoms with E-state index in [-0.39, 0.29) is 6.61 Å². The van der Waals surface area contributed by atoms with E-state index in [9.17, 15) is 9.46 Å². The Balaban J connectivity index is 2.79. The Hall–Kier alpha value is -0.380.